The van der Waals surface area contributed by atoms with Crippen LogP contribution < -0.4 is 16.0 Å². The standard InChI is InChI=1S/C12H19N3O4S2/c1-3-21(18,19)10-8(13)9(11(17)14-2)20-12(10)15-5-4-7(16)6-15/h7,16H,3-6,13H2,1-2H3,(H,14,17). The fraction of sp³-hybridized carbons (Fsp3) is 0.583. The molecule has 0 saturated carbocycles. The Balaban J connectivity index is 2.60. The number of aliphatic hydroxyl groups is 1. The monoisotopic (exact) mass is 333 g/mol. The average Bonchev–Trinajstić information content (AvgIpc) is 3.01. The van der Waals surface area contributed by atoms with Crippen LogP contribution in [0.25, 0.3) is 0 Å². The van der Waals surface area contributed by atoms with E-state index in [0.717, 1.165) is 11.3 Å². The van der Waals surface area contributed by atoms with Crippen molar-refractivity contribution in [2.45, 2.75) is 24.3 Å². The molecule has 1 fully saturated rings. The summed E-state index contributed by atoms with van der Waals surface area (Å²) in [6.45, 7) is 2.43. The molecule has 4 N–H and O–H groups in total. The number of nitrogens with zero attached hydrogens (tertiary/aromatic N) is 1. The molecule has 0 aliphatic carbocycles. The minimum atomic E-state index is -3.55. The van der Waals surface area contributed by atoms with Crippen molar-refractivity contribution >= 4 is 37.8 Å². The fourth-order valence-corrected chi connectivity index (χ4v) is 5.07. The van der Waals surface area contributed by atoms with Crippen LogP contribution in [0.15, 0.2) is 4.90 Å². The number of thiophene rings is 1. The number of hydrogen-bond donors (Lipinski definition) is 3. The number of sulfone groups is 1. The zero-order valence-corrected chi connectivity index (χ0v) is 13.6. The third-order valence-corrected chi connectivity index (χ3v) is 6.65. The van der Waals surface area contributed by atoms with Crippen molar-refractivity contribution in [1.82, 2.24) is 5.32 Å². The molecule has 9 heteroatoms. The SMILES string of the molecule is CCS(=O)(=O)c1c(N2CCC(O)C2)sc(C(=O)NC)c1N. The van der Waals surface area contributed by atoms with E-state index in [4.69, 9.17) is 5.73 Å². The largest absolute Gasteiger partial charge is 0.396 e. The Hall–Kier alpha value is -1.32. The smallest absolute Gasteiger partial charge is 0.263 e. The lowest BCUT2D eigenvalue weighted by Gasteiger charge is -2.17. The summed E-state index contributed by atoms with van der Waals surface area (Å²) in [5.41, 5.74) is 5.92. The van der Waals surface area contributed by atoms with Gasteiger partial charge >= 0.3 is 0 Å². The van der Waals surface area contributed by atoms with Crippen LogP contribution in [0.4, 0.5) is 10.7 Å². The molecule has 1 saturated heterocycles. The van der Waals surface area contributed by atoms with Crippen molar-refractivity contribution in [3.8, 4) is 0 Å². The molecule has 0 bridgehead atoms. The number of aliphatic hydroxyl groups excluding tert-OH is 1. The van der Waals surface area contributed by atoms with Gasteiger partial charge in [-0.15, -0.1) is 11.3 Å². The van der Waals surface area contributed by atoms with Crippen LogP contribution in [0.2, 0.25) is 0 Å². The van der Waals surface area contributed by atoms with E-state index in [-0.39, 0.29) is 21.2 Å². The number of carbonyl (C=O) groups is 1. The summed E-state index contributed by atoms with van der Waals surface area (Å²) < 4.78 is 24.6. The lowest BCUT2D eigenvalue weighted by atomic mass is 10.3. The van der Waals surface area contributed by atoms with Crippen LogP contribution in [-0.2, 0) is 9.84 Å². The maximum Gasteiger partial charge on any atom is 0.263 e. The molecule has 21 heavy (non-hydrogen) atoms. The summed E-state index contributed by atoms with van der Waals surface area (Å²) in [5.74, 6) is -0.499. The van der Waals surface area contributed by atoms with Gasteiger partial charge in [0.2, 0.25) is 0 Å². The Labute approximate surface area is 127 Å². The van der Waals surface area contributed by atoms with Crippen molar-refractivity contribution in [3.05, 3.63) is 4.88 Å². The summed E-state index contributed by atoms with van der Waals surface area (Å²) in [6.07, 6.45) is 0.0765. The first-order valence-electron chi connectivity index (χ1n) is 6.62. The molecule has 1 unspecified atom stereocenters. The maximum absolute atomic E-state index is 12.3. The topological polar surface area (TPSA) is 113 Å². The number of amides is 1. The summed E-state index contributed by atoms with van der Waals surface area (Å²) >= 11 is 1.06. The number of rotatable bonds is 4. The van der Waals surface area contributed by atoms with Crippen LogP contribution in [0.1, 0.15) is 23.0 Å². The molecule has 1 aromatic rings. The number of nitrogens with two attached hydrogens (primary N) is 1. The Bertz CT molecular complexity index is 654. The van der Waals surface area contributed by atoms with E-state index in [2.05, 4.69) is 5.32 Å². The predicted molar refractivity (Wildman–Crippen MR) is 82.7 cm³/mol. The number of hydrogen-bond acceptors (Lipinski definition) is 7. The van der Waals surface area contributed by atoms with Gasteiger partial charge in [0.05, 0.1) is 17.5 Å². The Morgan fingerprint density at radius 3 is 2.71 bits per heavy atom. The first-order chi connectivity index (χ1) is 9.81. The molecule has 1 aromatic heterocycles. The van der Waals surface area contributed by atoms with Gasteiger partial charge in [-0.1, -0.05) is 6.92 Å². The zero-order valence-electron chi connectivity index (χ0n) is 11.9. The number of carbonyl (C=O) groups excluding carboxylic acids is 1. The Morgan fingerprint density at radius 1 is 1.57 bits per heavy atom. The Kier molecular flexibility index (Phi) is 4.45. The van der Waals surface area contributed by atoms with E-state index in [1.54, 1.807) is 4.90 Å². The number of nitrogens with one attached hydrogen (secondary N) is 1. The molecule has 1 atom stereocenters. The predicted octanol–water partition coefficient (Wildman–Crippen LogP) is 0.0545. The van der Waals surface area contributed by atoms with Gasteiger partial charge in [-0.25, -0.2) is 8.42 Å². The summed E-state index contributed by atoms with van der Waals surface area (Å²) in [6, 6.07) is 0. The molecule has 118 valence electrons. The average molecular weight is 333 g/mol. The van der Waals surface area contributed by atoms with Crippen molar-refractivity contribution in [2.75, 3.05) is 36.5 Å². The molecule has 0 radical (unpaired) electrons. The third kappa shape index (κ3) is 2.85. The van der Waals surface area contributed by atoms with Gasteiger partial charge in [-0.05, 0) is 6.42 Å². The highest BCUT2D eigenvalue weighted by molar-refractivity contribution is 7.92. The fourth-order valence-electron chi connectivity index (χ4n) is 2.28. The molecule has 7 nitrogen and oxygen atoms in total. The van der Waals surface area contributed by atoms with Gasteiger partial charge in [0.25, 0.3) is 5.91 Å². The van der Waals surface area contributed by atoms with Gasteiger partial charge in [0.15, 0.2) is 9.84 Å². The first kappa shape index (κ1) is 16.1. The van der Waals surface area contributed by atoms with Gasteiger partial charge in [0.1, 0.15) is 14.8 Å². The highest BCUT2D eigenvalue weighted by Crippen LogP contribution is 2.43. The van der Waals surface area contributed by atoms with Gasteiger partial charge < -0.3 is 21.1 Å². The summed E-state index contributed by atoms with van der Waals surface area (Å²) in [7, 11) is -2.09. The van der Waals surface area contributed by atoms with Gasteiger partial charge in [-0.2, -0.15) is 0 Å². The second-order valence-corrected chi connectivity index (χ2v) is 8.06. The van der Waals surface area contributed by atoms with Crippen LogP contribution in [0.3, 0.4) is 0 Å². The van der Waals surface area contributed by atoms with E-state index in [0.29, 0.717) is 24.5 Å². The van der Waals surface area contributed by atoms with Crippen LogP contribution in [0, 0.1) is 0 Å². The highest BCUT2D eigenvalue weighted by atomic mass is 32.2. The highest BCUT2D eigenvalue weighted by Gasteiger charge is 2.33. The normalized spacial score (nSPS) is 19.0. The molecular weight excluding hydrogens is 314 g/mol. The van der Waals surface area contributed by atoms with E-state index in [1.165, 1.54) is 14.0 Å². The summed E-state index contributed by atoms with van der Waals surface area (Å²) in [4.78, 5) is 13.8. The third-order valence-electron chi connectivity index (χ3n) is 3.46. The minimum Gasteiger partial charge on any atom is -0.396 e. The number of β-amino-alcohol motifs (C(OH)–C–C–N with tert-alkyl or cyclic N) is 1. The van der Waals surface area contributed by atoms with Crippen LogP contribution >= 0.6 is 11.3 Å². The van der Waals surface area contributed by atoms with Crippen LogP contribution in [-0.4, -0.2) is 51.4 Å². The molecule has 1 aliphatic heterocycles. The number of anilines is 2. The quantitative estimate of drug-likeness (QED) is 0.718. The molecule has 1 amide bonds. The van der Waals surface area contributed by atoms with E-state index in [1.807, 2.05) is 0 Å². The molecule has 1 aliphatic rings. The summed E-state index contributed by atoms with van der Waals surface area (Å²) in [5, 5.41) is 12.6. The van der Waals surface area contributed by atoms with E-state index >= 15 is 0 Å². The lowest BCUT2D eigenvalue weighted by molar-refractivity contribution is 0.0968. The zero-order chi connectivity index (χ0) is 15.8. The maximum atomic E-state index is 12.3. The molecule has 0 aromatic carbocycles. The molecule has 0 spiro atoms. The van der Waals surface area contributed by atoms with Crippen molar-refractivity contribution < 1.29 is 18.3 Å². The second-order valence-electron chi connectivity index (χ2n) is 4.85. The van der Waals surface area contributed by atoms with Gasteiger partial charge in [-0.3, -0.25) is 4.79 Å². The molecule has 2 rings (SSSR count). The van der Waals surface area contributed by atoms with Crippen molar-refractivity contribution in [1.29, 1.82) is 0 Å². The van der Waals surface area contributed by atoms with E-state index in [9.17, 15) is 18.3 Å². The van der Waals surface area contributed by atoms with E-state index < -0.39 is 21.8 Å². The second kappa shape index (κ2) is 5.82. The van der Waals surface area contributed by atoms with Crippen molar-refractivity contribution in [2.24, 2.45) is 0 Å². The van der Waals surface area contributed by atoms with Crippen LogP contribution in [0.5, 0.6) is 0 Å². The number of nitrogen functional groups attached to an aromatic ring is 1. The van der Waals surface area contributed by atoms with Gasteiger partial charge in [0, 0.05) is 20.1 Å². The molecular formula is C12H19N3O4S2. The first-order valence-corrected chi connectivity index (χ1v) is 9.08. The van der Waals surface area contributed by atoms with Crippen molar-refractivity contribution in [3.63, 3.8) is 0 Å². The lowest BCUT2D eigenvalue weighted by Crippen LogP contribution is -2.22. The molecule has 2 heterocycles. The Morgan fingerprint density at radius 2 is 2.24 bits per heavy atom. The minimum absolute atomic E-state index is 0.00223.